The van der Waals surface area contributed by atoms with Gasteiger partial charge in [0.05, 0.1) is 12.2 Å². The van der Waals surface area contributed by atoms with E-state index in [1.165, 1.54) is 0 Å². The van der Waals surface area contributed by atoms with Gasteiger partial charge in [-0.15, -0.1) is 0 Å². The molecule has 4 nitrogen and oxygen atoms in total. The van der Waals surface area contributed by atoms with Crippen molar-refractivity contribution in [3.63, 3.8) is 0 Å². The van der Waals surface area contributed by atoms with Crippen LogP contribution < -0.4 is 5.69 Å². The minimum absolute atomic E-state index is 0.0168. The minimum Gasteiger partial charge on any atom is -0.300 e. The third-order valence-electron chi connectivity index (χ3n) is 2.32. The molecular formula is C11H13N3O. The van der Waals surface area contributed by atoms with Gasteiger partial charge >= 0.3 is 5.69 Å². The molecule has 2 aromatic rings. The highest BCUT2D eigenvalue weighted by molar-refractivity contribution is 5.04. The number of nitrogens with zero attached hydrogens (tertiary/aromatic N) is 3. The first-order chi connectivity index (χ1) is 7.31. The van der Waals surface area contributed by atoms with Crippen LogP contribution in [0.4, 0.5) is 0 Å². The van der Waals surface area contributed by atoms with Gasteiger partial charge in [-0.3, -0.25) is 14.1 Å². The van der Waals surface area contributed by atoms with Gasteiger partial charge < -0.3 is 0 Å². The standard InChI is InChI=1S/C11H13N3O/c1-2-13-7-8-14(11(13)15)9-10-5-3-4-6-12-10/h3-8H,2,9H2,1H3. The zero-order chi connectivity index (χ0) is 10.7. The van der Waals surface area contributed by atoms with Crippen molar-refractivity contribution >= 4 is 0 Å². The normalized spacial score (nSPS) is 10.5. The summed E-state index contributed by atoms with van der Waals surface area (Å²) < 4.78 is 3.33. The molecule has 2 heterocycles. The highest BCUT2D eigenvalue weighted by atomic mass is 16.1. The van der Waals surface area contributed by atoms with Crippen molar-refractivity contribution in [2.45, 2.75) is 20.0 Å². The van der Waals surface area contributed by atoms with E-state index in [0.29, 0.717) is 13.1 Å². The molecule has 0 spiro atoms. The number of imidazole rings is 1. The average Bonchev–Trinajstić information content (AvgIpc) is 2.62. The van der Waals surface area contributed by atoms with Crippen molar-refractivity contribution in [2.75, 3.05) is 0 Å². The van der Waals surface area contributed by atoms with E-state index in [2.05, 4.69) is 4.98 Å². The highest BCUT2D eigenvalue weighted by Crippen LogP contribution is 1.96. The van der Waals surface area contributed by atoms with Crippen molar-refractivity contribution in [1.82, 2.24) is 14.1 Å². The smallest absolute Gasteiger partial charge is 0.300 e. The van der Waals surface area contributed by atoms with Gasteiger partial charge in [-0.25, -0.2) is 4.79 Å². The molecule has 0 fully saturated rings. The van der Waals surface area contributed by atoms with E-state index >= 15 is 0 Å². The molecule has 0 saturated heterocycles. The van der Waals surface area contributed by atoms with E-state index in [1.54, 1.807) is 27.7 Å². The van der Waals surface area contributed by atoms with E-state index in [1.807, 2.05) is 25.1 Å². The molecule has 0 amide bonds. The maximum absolute atomic E-state index is 11.7. The maximum Gasteiger partial charge on any atom is 0.328 e. The summed E-state index contributed by atoms with van der Waals surface area (Å²) in [5.74, 6) is 0. The number of aromatic nitrogens is 3. The predicted octanol–water partition coefficient (Wildman–Crippen LogP) is 1.11. The predicted molar refractivity (Wildman–Crippen MR) is 57.7 cm³/mol. The van der Waals surface area contributed by atoms with Crippen LogP contribution in [-0.2, 0) is 13.1 Å². The SMILES string of the molecule is CCn1ccn(Cc2ccccn2)c1=O. The van der Waals surface area contributed by atoms with Gasteiger partial charge in [-0.1, -0.05) is 6.07 Å². The maximum atomic E-state index is 11.7. The minimum atomic E-state index is 0.0168. The lowest BCUT2D eigenvalue weighted by atomic mass is 10.3. The van der Waals surface area contributed by atoms with Crippen molar-refractivity contribution in [3.05, 3.63) is 53.0 Å². The van der Waals surface area contributed by atoms with Gasteiger partial charge in [0, 0.05) is 25.1 Å². The van der Waals surface area contributed by atoms with Crippen LogP contribution in [0.2, 0.25) is 0 Å². The van der Waals surface area contributed by atoms with Crippen LogP contribution in [-0.4, -0.2) is 14.1 Å². The molecular weight excluding hydrogens is 190 g/mol. The molecule has 0 saturated carbocycles. The lowest BCUT2D eigenvalue weighted by Gasteiger charge is -2.00. The van der Waals surface area contributed by atoms with Crippen molar-refractivity contribution in [2.24, 2.45) is 0 Å². The molecule has 2 rings (SSSR count). The molecule has 2 aromatic heterocycles. The molecule has 0 aliphatic carbocycles. The molecule has 0 unspecified atom stereocenters. The highest BCUT2D eigenvalue weighted by Gasteiger charge is 2.02. The third kappa shape index (κ3) is 1.98. The Balaban J connectivity index is 2.26. The molecule has 0 bridgehead atoms. The van der Waals surface area contributed by atoms with Crippen LogP contribution in [0.1, 0.15) is 12.6 Å². The van der Waals surface area contributed by atoms with Gasteiger partial charge in [0.1, 0.15) is 0 Å². The Morgan fingerprint density at radius 1 is 1.27 bits per heavy atom. The lowest BCUT2D eigenvalue weighted by molar-refractivity contribution is 0.662. The first-order valence-corrected chi connectivity index (χ1v) is 4.96. The molecule has 0 atom stereocenters. The number of hydrogen-bond donors (Lipinski definition) is 0. The zero-order valence-electron chi connectivity index (χ0n) is 8.63. The van der Waals surface area contributed by atoms with E-state index < -0.39 is 0 Å². The second-order valence-electron chi connectivity index (χ2n) is 3.32. The van der Waals surface area contributed by atoms with Crippen LogP contribution in [0, 0.1) is 0 Å². The fourth-order valence-electron chi connectivity index (χ4n) is 1.48. The second-order valence-corrected chi connectivity index (χ2v) is 3.32. The van der Waals surface area contributed by atoms with Gasteiger partial charge in [-0.05, 0) is 19.1 Å². The zero-order valence-corrected chi connectivity index (χ0v) is 8.63. The summed E-state index contributed by atoms with van der Waals surface area (Å²) in [7, 11) is 0. The van der Waals surface area contributed by atoms with Crippen molar-refractivity contribution < 1.29 is 0 Å². The van der Waals surface area contributed by atoms with Gasteiger partial charge in [0.25, 0.3) is 0 Å². The van der Waals surface area contributed by atoms with E-state index in [4.69, 9.17) is 0 Å². The molecule has 0 aliphatic rings. The van der Waals surface area contributed by atoms with Gasteiger partial charge in [-0.2, -0.15) is 0 Å². The summed E-state index contributed by atoms with van der Waals surface area (Å²) in [4.78, 5) is 15.9. The molecule has 0 aliphatic heterocycles. The fourth-order valence-corrected chi connectivity index (χ4v) is 1.48. The first-order valence-electron chi connectivity index (χ1n) is 4.96. The Bertz CT molecular complexity index is 484. The molecule has 4 heteroatoms. The molecule has 0 N–H and O–H groups in total. The largest absolute Gasteiger partial charge is 0.328 e. The Hall–Kier alpha value is -1.84. The quantitative estimate of drug-likeness (QED) is 0.749. The van der Waals surface area contributed by atoms with Crippen LogP contribution in [0.5, 0.6) is 0 Å². The summed E-state index contributed by atoms with van der Waals surface area (Å²) in [6, 6.07) is 5.70. The molecule has 0 radical (unpaired) electrons. The van der Waals surface area contributed by atoms with E-state index in [-0.39, 0.29) is 5.69 Å². The van der Waals surface area contributed by atoms with Crippen LogP contribution in [0.15, 0.2) is 41.6 Å². The molecule has 0 aromatic carbocycles. The van der Waals surface area contributed by atoms with Gasteiger partial charge in [0.15, 0.2) is 0 Å². The molecule has 78 valence electrons. The summed E-state index contributed by atoms with van der Waals surface area (Å²) in [5.41, 5.74) is 0.914. The Labute approximate surface area is 87.8 Å². The number of hydrogen-bond acceptors (Lipinski definition) is 2. The van der Waals surface area contributed by atoms with E-state index in [9.17, 15) is 4.79 Å². The Morgan fingerprint density at radius 3 is 2.67 bits per heavy atom. The third-order valence-corrected chi connectivity index (χ3v) is 2.32. The monoisotopic (exact) mass is 203 g/mol. The Kier molecular flexibility index (Phi) is 2.67. The molecule has 15 heavy (non-hydrogen) atoms. The number of rotatable bonds is 3. The summed E-state index contributed by atoms with van der Waals surface area (Å²) in [6.45, 7) is 3.19. The first kappa shape index (κ1) is 9.71. The second kappa shape index (κ2) is 4.13. The van der Waals surface area contributed by atoms with Crippen LogP contribution in [0.3, 0.4) is 0 Å². The number of aryl methyl sites for hydroxylation is 1. The topological polar surface area (TPSA) is 39.8 Å². The Morgan fingerprint density at radius 2 is 2.07 bits per heavy atom. The summed E-state index contributed by atoms with van der Waals surface area (Å²) >= 11 is 0. The van der Waals surface area contributed by atoms with Gasteiger partial charge in [0.2, 0.25) is 0 Å². The summed E-state index contributed by atoms with van der Waals surface area (Å²) in [5, 5.41) is 0. The number of pyridine rings is 1. The average molecular weight is 203 g/mol. The summed E-state index contributed by atoms with van der Waals surface area (Å²) in [6.07, 6.45) is 5.32. The van der Waals surface area contributed by atoms with E-state index in [0.717, 1.165) is 5.69 Å². The van der Waals surface area contributed by atoms with Crippen LogP contribution in [0.25, 0.3) is 0 Å². The van der Waals surface area contributed by atoms with Crippen molar-refractivity contribution in [3.8, 4) is 0 Å². The fraction of sp³-hybridized carbons (Fsp3) is 0.273. The van der Waals surface area contributed by atoms with Crippen LogP contribution >= 0.6 is 0 Å². The van der Waals surface area contributed by atoms with Crippen molar-refractivity contribution in [1.29, 1.82) is 0 Å². The lowest BCUT2D eigenvalue weighted by Crippen LogP contribution is -2.24.